The van der Waals surface area contributed by atoms with E-state index in [4.69, 9.17) is 4.74 Å². The maximum Gasteiger partial charge on any atom is 2.00 e. The van der Waals surface area contributed by atoms with Crippen LogP contribution in [0.2, 0.25) is 0 Å². The molecule has 2 aliphatic rings. The van der Waals surface area contributed by atoms with E-state index in [2.05, 4.69) is 36.6 Å². The maximum atomic E-state index is 5.77. The summed E-state index contributed by atoms with van der Waals surface area (Å²) in [5.74, 6) is 6.17. The second-order valence-corrected chi connectivity index (χ2v) is 5.00. The summed E-state index contributed by atoms with van der Waals surface area (Å²) in [6, 6.07) is 10.0. The number of allylic oxidation sites excluding steroid dienone is 7. The molecule has 0 bridgehead atoms. The second-order valence-electron chi connectivity index (χ2n) is 5.00. The summed E-state index contributed by atoms with van der Waals surface area (Å²) >= 11 is 0. The van der Waals surface area contributed by atoms with Gasteiger partial charge in [-0.25, -0.2) is 24.3 Å². The number of methoxy groups -OCH3 is 1. The van der Waals surface area contributed by atoms with E-state index in [1.165, 1.54) is 0 Å². The maximum absolute atomic E-state index is 5.77. The van der Waals surface area contributed by atoms with Crippen LogP contribution >= 0.6 is 0 Å². The van der Waals surface area contributed by atoms with Crippen LogP contribution in [0.5, 0.6) is 0 Å². The van der Waals surface area contributed by atoms with Crippen molar-refractivity contribution >= 4 is 0 Å². The van der Waals surface area contributed by atoms with Gasteiger partial charge in [0, 0.05) is 7.11 Å². The number of hydrogen-bond donors (Lipinski definition) is 0. The first-order valence-corrected chi connectivity index (χ1v) is 7.55. The van der Waals surface area contributed by atoms with Gasteiger partial charge >= 0.3 is 17.1 Å². The van der Waals surface area contributed by atoms with Crippen LogP contribution < -0.4 is 0 Å². The number of rotatable bonds is 3. The van der Waals surface area contributed by atoms with Gasteiger partial charge in [0.25, 0.3) is 0 Å². The van der Waals surface area contributed by atoms with Crippen molar-refractivity contribution in [2.75, 3.05) is 7.11 Å². The smallest absolute Gasteiger partial charge is 0.362 e. The molecule has 0 aromatic heterocycles. The molecular weight excluding hydrogens is 336 g/mol. The van der Waals surface area contributed by atoms with Crippen LogP contribution in [0.4, 0.5) is 0 Å². The largest absolute Gasteiger partial charge is 2.00 e. The molecule has 2 aliphatic carbocycles. The fraction of sp³-hybridized carbons (Fsp3) is 0.182. The molecule has 0 saturated carbocycles. The van der Waals surface area contributed by atoms with E-state index in [0.29, 0.717) is 0 Å². The van der Waals surface area contributed by atoms with Gasteiger partial charge in [-0.2, -0.15) is 12.2 Å². The SMILES string of the molecule is C=CC#CC(OC)(c1ccccc1)C1C=[C-]C=C1.[C-]1=CC=CC1.[Fe+2]. The predicted octanol–water partition coefficient (Wildman–Crippen LogP) is 4.57. The first-order valence-electron chi connectivity index (χ1n) is 7.55. The van der Waals surface area contributed by atoms with Crippen LogP contribution in [0.25, 0.3) is 0 Å². The van der Waals surface area contributed by atoms with Crippen LogP contribution in [-0.2, 0) is 27.4 Å². The van der Waals surface area contributed by atoms with E-state index in [9.17, 15) is 0 Å². The quantitative estimate of drug-likeness (QED) is 0.438. The first-order chi connectivity index (χ1) is 11.3. The van der Waals surface area contributed by atoms with E-state index in [-0.39, 0.29) is 23.0 Å². The average molecular weight is 356 g/mol. The van der Waals surface area contributed by atoms with Crippen LogP contribution in [0.1, 0.15) is 12.0 Å². The van der Waals surface area contributed by atoms with Gasteiger partial charge < -0.3 is 4.74 Å². The van der Waals surface area contributed by atoms with Crippen molar-refractivity contribution in [3.05, 3.63) is 97.2 Å². The zero-order valence-corrected chi connectivity index (χ0v) is 14.8. The van der Waals surface area contributed by atoms with E-state index >= 15 is 0 Å². The van der Waals surface area contributed by atoms with Gasteiger partial charge in [0.15, 0.2) is 0 Å². The molecule has 0 spiro atoms. The Morgan fingerprint density at radius 1 is 1.33 bits per heavy atom. The van der Waals surface area contributed by atoms with Crippen molar-refractivity contribution in [2.45, 2.75) is 12.0 Å². The number of hydrogen-bond acceptors (Lipinski definition) is 1. The monoisotopic (exact) mass is 356 g/mol. The van der Waals surface area contributed by atoms with Gasteiger partial charge in [0.05, 0.1) is 0 Å². The second kappa shape index (κ2) is 10.7. The van der Waals surface area contributed by atoms with Crippen molar-refractivity contribution in [3.63, 3.8) is 0 Å². The molecule has 0 heterocycles. The summed E-state index contributed by atoms with van der Waals surface area (Å²) in [6.45, 7) is 3.65. The van der Waals surface area contributed by atoms with Crippen LogP contribution in [0.15, 0.2) is 79.4 Å². The standard InChI is InChI=1S/C17H15O.C5H5.Fe/c1-3-4-14-17(18-2,16-12-8-9-13-16)15-10-6-5-7-11-15;1-2-4-5-3-1;/h3,5-8,10-13,16H,1H2,2H3;1-3H,4H2;/q2*-1;+2. The molecule has 2 atom stereocenters. The molecule has 1 aromatic rings. The minimum Gasteiger partial charge on any atom is -0.362 e. The van der Waals surface area contributed by atoms with Gasteiger partial charge in [-0.05, 0) is 17.6 Å². The molecule has 0 radical (unpaired) electrons. The Morgan fingerprint density at radius 2 is 2.12 bits per heavy atom. The topological polar surface area (TPSA) is 9.23 Å². The summed E-state index contributed by atoms with van der Waals surface area (Å²) in [5, 5.41) is 0. The van der Waals surface area contributed by atoms with Gasteiger partial charge in [-0.3, -0.25) is 12.2 Å². The van der Waals surface area contributed by atoms with E-state index in [1.54, 1.807) is 13.2 Å². The molecule has 2 unspecified atom stereocenters. The molecule has 0 amide bonds. The Morgan fingerprint density at radius 3 is 2.58 bits per heavy atom. The van der Waals surface area contributed by atoms with Gasteiger partial charge in [0.2, 0.25) is 0 Å². The van der Waals surface area contributed by atoms with E-state index in [1.807, 2.05) is 60.7 Å². The molecule has 122 valence electrons. The molecule has 0 N–H and O–H groups in total. The van der Waals surface area contributed by atoms with Crippen molar-refractivity contribution in [3.8, 4) is 11.8 Å². The summed E-state index contributed by atoms with van der Waals surface area (Å²) in [4.78, 5) is 0. The molecule has 0 aliphatic heterocycles. The fourth-order valence-corrected chi connectivity index (χ4v) is 2.46. The Balaban J connectivity index is 0.000000412. The zero-order valence-electron chi connectivity index (χ0n) is 13.7. The van der Waals surface area contributed by atoms with Crippen LogP contribution in [-0.4, -0.2) is 7.11 Å². The minimum absolute atomic E-state index is 0. The van der Waals surface area contributed by atoms with E-state index < -0.39 is 5.60 Å². The summed E-state index contributed by atoms with van der Waals surface area (Å²) in [7, 11) is 1.69. The molecule has 0 saturated heterocycles. The van der Waals surface area contributed by atoms with Crippen molar-refractivity contribution in [1.29, 1.82) is 0 Å². The van der Waals surface area contributed by atoms with E-state index in [0.717, 1.165) is 12.0 Å². The molecule has 0 fully saturated rings. The zero-order chi connectivity index (χ0) is 16.4. The Kier molecular flexibility index (Phi) is 8.90. The van der Waals surface area contributed by atoms with Gasteiger partial charge in [-0.1, -0.05) is 48.8 Å². The average Bonchev–Trinajstić information content (AvgIpc) is 3.33. The fourth-order valence-electron chi connectivity index (χ4n) is 2.46. The van der Waals surface area contributed by atoms with Crippen LogP contribution in [0.3, 0.4) is 0 Å². The predicted molar refractivity (Wildman–Crippen MR) is 95.1 cm³/mol. The van der Waals surface area contributed by atoms with Crippen molar-refractivity contribution in [1.82, 2.24) is 0 Å². The molecule has 3 rings (SSSR count). The summed E-state index contributed by atoms with van der Waals surface area (Å²) in [5.41, 5.74) is 0.367. The van der Waals surface area contributed by atoms with Gasteiger partial charge in [-0.15, -0.1) is 6.42 Å². The molecule has 2 heteroatoms. The molecule has 24 heavy (non-hydrogen) atoms. The number of ether oxygens (including phenoxy) is 1. The molecule has 1 nitrogen and oxygen atoms in total. The summed E-state index contributed by atoms with van der Waals surface area (Å²) in [6.07, 6.45) is 20.6. The Bertz CT molecular complexity index is 664. The third kappa shape index (κ3) is 4.98. The Hall–Kier alpha value is -2.04. The molecule has 1 aromatic carbocycles. The van der Waals surface area contributed by atoms with Crippen molar-refractivity contribution < 1.29 is 21.8 Å². The Labute approximate surface area is 156 Å². The van der Waals surface area contributed by atoms with Crippen molar-refractivity contribution in [2.24, 2.45) is 5.92 Å². The normalized spacial score (nSPS) is 18.6. The summed E-state index contributed by atoms with van der Waals surface area (Å²) < 4.78 is 5.77. The minimum atomic E-state index is -0.671. The first kappa shape index (κ1) is 20.0. The number of benzene rings is 1. The third-order valence-corrected chi connectivity index (χ3v) is 3.62. The van der Waals surface area contributed by atoms with Gasteiger partial charge in [0.1, 0.15) is 5.60 Å². The van der Waals surface area contributed by atoms with Crippen LogP contribution in [0, 0.1) is 29.9 Å². The third-order valence-electron chi connectivity index (χ3n) is 3.62. The molecular formula is C22H20FeO.